The molecule has 156 valence electrons. The zero-order valence-electron chi connectivity index (χ0n) is 16.5. The normalized spacial score (nSPS) is 10.5. The van der Waals surface area contributed by atoms with E-state index in [1.165, 1.54) is 0 Å². The molecule has 0 radical (unpaired) electrons. The van der Waals surface area contributed by atoms with Crippen LogP contribution in [0.2, 0.25) is 0 Å². The van der Waals surface area contributed by atoms with Crippen molar-refractivity contribution in [2.75, 3.05) is 39.6 Å². The van der Waals surface area contributed by atoms with E-state index < -0.39 is 5.97 Å². The van der Waals surface area contributed by atoms with Crippen molar-refractivity contribution in [3.8, 4) is 11.8 Å². The average Bonchev–Trinajstić information content (AvgIpc) is 2.79. The van der Waals surface area contributed by atoms with Gasteiger partial charge in [0.05, 0.1) is 49.4 Å². The molecule has 0 atom stereocenters. The summed E-state index contributed by atoms with van der Waals surface area (Å²) in [5.41, 5.74) is 1.95. The first-order valence-electron chi connectivity index (χ1n) is 9.30. The van der Waals surface area contributed by atoms with Gasteiger partial charge in [0.25, 0.3) is 0 Å². The number of carbonyl (C=O) groups excluding carboxylic acids is 1. The number of esters is 1. The quantitative estimate of drug-likeness (QED) is 0.213. The van der Waals surface area contributed by atoms with Gasteiger partial charge < -0.3 is 18.9 Å². The highest BCUT2D eigenvalue weighted by Gasteiger charge is 1.98. The molecule has 30 heavy (non-hydrogen) atoms. The molecule has 0 amide bonds. The Morgan fingerprint density at radius 1 is 0.867 bits per heavy atom. The number of azo groups is 1. The van der Waals surface area contributed by atoms with Crippen molar-refractivity contribution in [2.45, 2.75) is 0 Å². The molecular formula is C22H23N3O5. The van der Waals surface area contributed by atoms with Crippen LogP contribution < -0.4 is 4.74 Å². The second kappa shape index (κ2) is 13.6. The molecule has 0 heterocycles. The van der Waals surface area contributed by atoms with E-state index in [-0.39, 0.29) is 6.61 Å². The number of nitrogens with zero attached hydrogens (tertiary/aromatic N) is 3. The minimum atomic E-state index is -0.464. The van der Waals surface area contributed by atoms with Gasteiger partial charge in [-0.15, -0.1) is 0 Å². The first-order valence-corrected chi connectivity index (χ1v) is 9.30. The van der Waals surface area contributed by atoms with Crippen LogP contribution in [0.5, 0.6) is 5.75 Å². The molecule has 2 rings (SSSR count). The fraction of sp³-hybridized carbons (Fsp3) is 0.273. The molecule has 0 saturated carbocycles. The third-order valence-electron chi connectivity index (χ3n) is 3.62. The highest BCUT2D eigenvalue weighted by Crippen LogP contribution is 2.21. The van der Waals surface area contributed by atoms with E-state index in [2.05, 4.69) is 22.9 Å². The van der Waals surface area contributed by atoms with E-state index in [1.54, 1.807) is 48.5 Å². The lowest BCUT2D eigenvalue weighted by atomic mass is 10.2. The lowest BCUT2D eigenvalue weighted by Gasteiger charge is -2.08. The van der Waals surface area contributed by atoms with Crippen molar-refractivity contribution in [1.29, 1.82) is 5.26 Å². The average molecular weight is 409 g/mol. The van der Waals surface area contributed by atoms with Crippen molar-refractivity contribution < 1.29 is 23.7 Å². The zero-order valence-corrected chi connectivity index (χ0v) is 16.5. The predicted octanol–water partition coefficient (Wildman–Crippen LogP) is 4.11. The van der Waals surface area contributed by atoms with E-state index in [4.69, 9.17) is 24.2 Å². The smallest absolute Gasteiger partial charge is 0.330 e. The maximum atomic E-state index is 10.8. The molecule has 0 bridgehead atoms. The van der Waals surface area contributed by atoms with Crippen molar-refractivity contribution in [3.05, 3.63) is 66.7 Å². The van der Waals surface area contributed by atoms with E-state index >= 15 is 0 Å². The molecule has 0 aliphatic carbocycles. The Morgan fingerprint density at radius 2 is 1.40 bits per heavy atom. The zero-order chi connectivity index (χ0) is 21.4. The van der Waals surface area contributed by atoms with Gasteiger partial charge >= 0.3 is 5.97 Å². The Morgan fingerprint density at radius 3 is 1.97 bits per heavy atom. The first-order chi connectivity index (χ1) is 14.7. The summed E-state index contributed by atoms with van der Waals surface area (Å²) >= 11 is 0. The molecule has 0 fully saturated rings. The van der Waals surface area contributed by atoms with Crippen LogP contribution >= 0.6 is 0 Å². The van der Waals surface area contributed by atoms with E-state index in [9.17, 15) is 4.79 Å². The van der Waals surface area contributed by atoms with Crippen molar-refractivity contribution >= 4 is 17.3 Å². The van der Waals surface area contributed by atoms with Crippen molar-refractivity contribution in [1.82, 2.24) is 0 Å². The van der Waals surface area contributed by atoms with Gasteiger partial charge in [0.2, 0.25) is 0 Å². The molecule has 8 heteroatoms. The van der Waals surface area contributed by atoms with Crippen molar-refractivity contribution in [3.63, 3.8) is 0 Å². The Labute approximate surface area is 175 Å². The number of nitriles is 1. The first kappa shape index (κ1) is 22.7. The molecule has 8 nitrogen and oxygen atoms in total. The van der Waals surface area contributed by atoms with Crippen LogP contribution in [-0.2, 0) is 19.0 Å². The highest BCUT2D eigenvalue weighted by atomic mass is 16.6. The summed E-state index contributed by atoms with van der Waals surface area (Å²) in [6.07, 6.45) is 1.11. The Hall–Kier alpha value is -3.54. The van der Waals surface area contributed by atoms with E-state index in [1.807, 2.05) is 0 Å². The standard InChI is InChI=1S/C22H23N3O5/c1-2-22(26)30-16-14-28-12-11-27-13-15-29-21-9-7-20(8-10-21)25-24-19-5-3-18(17-23)4-6-19/h2-10H,1,11-16H2. The third kappa shape index (κ3) is 9.10. The van der Waals surface area contributed by atoms with Crippen LogP contribution in [0.15, 0.2) is 71.4 Å². The number of hydrogen-bond acceptors (Lipinski definition) is 8. The third-order valence-corrected chi connectivity index (χ3v) is 3.62. The molecule has 2 aromatic carbocycles. The number of benzene rings is 2. The lowest BCUT2D eigenvalue weighted by molar-refractivity contribution is -0.139. The summed E-state index contributed by atoms with van der Waals surface area (Å²) in [5, 5.41) is 17.1. The fourth-order valence-electron chi connectivity index (χ4n) is 2.13. The summed E-state index contributed by atoms with van der Waals surface area (Å²) in [7, 11) is 0. The number of hydrogen-bond donors (Lipinski definition) is 0. The SMILES string of the molecule is C=CC(=O)OCCOCCOCCOc1ccc(N=Nc2ccc(C#N)cc2)cc1. The Bertz CT molecular complexity index is 858. The van der Waals surface area contributed by atoms with Crippen LogP contribution in [0, 0.1) is 11.3 Å². The lowest BCUT2D eigenvalue weighted by Crippen LogP contribution is -2.13. The summed E-state index contributed by atoms with van der Waals surface area (Å²) in [5.74, 6) is 0.241. The maximum Gasteiger partial charge on any atom is 0.330 e. The fourth-order valence-corrected chi connectivity index (χ4v) is 2.13. The van der Waals surface area contributed by atoms with Gasteiger partial charge in [-0.3, -0.25) is 0 Å². The Kier molecular flexibility index (Phi) is 10.3. The van der Waals surface area contributed by atoms with Gasteiger partial charge in [0, 0.05) is 6.08 Å². The second-order valence-corrected chi connectivity index (χ2v) is 5.80. The van der Waals surface area contributed by atoms with Crippen LogP contribution in [0.1, 0.15) is 5.56 Å². The molecule has 2 aromatic rings. The van der Waals surface area contributed by atoms with Crippen molar-refractivity contribution in [2.24, 2.45) is 10.2 Å². The topological polar surface area (TPSA) is 102 Å². The number of rotatable bonds is 13. The molecular weight excluding hydrogens is 386 g/mol. The minimum Gasteiger partial charge on any atom is -0.491 e. The molecule has 0 spiro atoms. The molecule has 0 aliphatic heterocycles. The van der Waals surface area contributed by atoms with Crippen LogP contribution in [0.4, 0.5) is 11.4 Å². The Balaban J connectivity index is 1.56. The van der Waals surface area contributed by atoms with Gasteiger partial charge in [-0.25, -0.2) is 4.79 Å². The largest absolute Gasteiger partial charge is 0.491 e. The van der Waals surface area contributed by atoms with Crippen LogP contribution in [-0.4, -0.2) is 45.6 Å². The number of carbonyl (C=O) groups is 1. The second-order valence-electron chi connectivity index (χ2n) is 5.80. The monoisotopic (exact) mass is 409 g/mol. The number of ether oxygens (including phenoxy) is 4. The molecule has 0 aliphatic rings. The van der Waals surface area contributed by atoms with E-state index in [0.717, 1.165) is 6.08 Å². The van der Waals surface area contributed by atoms with Gasteiger partial charge in [0.1, 0.15) is 19.0 Å². The summed E-state index contributed by atoms with van der Waals surface area (Å²) in [4.78, 5) is 10.8. The van der Waals surface area contributed by atoms with Gasteiger partial charge in [-0.1, -0.05) is 6.58 Å². The molecule has 0 aromatic heterocycles. The summed E-state index contributed by atoms with van der Waals surface area (Å²) in [6.45, 7) is 5.47. The summed E-state index contributed by atoms with van der Waals surface area (Å²) in [6, 6.07) is 16.1. The van der Waals surface area contributed by atoms with Gasteiger partial charge in [0.15, 0.2) is 0 Å². The predicted molar refractivity (Wildman–Crippen MR) is 110 cm³/mol. The minimum absolute atomic E-state index is 0.191. The maximum absolute atomic E-state index is 10.8. The van der Waals surface area contributed by atoms with Crippen LogP contribution in [0.25, 0.3) is 0 Å². The molecule has 0 N–H and O–H groups in total. The van der Waals surface area contributed by atoms with Crippen LogP contribution in [0.3, 0.4) is 0 Å². The van der Waals surface area contributed by atoms with E-state index in [0.29, 0.717) is 55.7 Å². The molecule has 0 saturated heterocycles. The van der Waals surface area contributed by atoms with Gasteiger partial charge in [-0.05, 0) is 48.5 Å². The summed E-state index contributed by atoms with van der Waals surface area (Å²) < 4.78 is 21.0. The highest BCUT2D eigenvalue weighted by molar-refractivity contribution is 5.81. The van der Waals surface area contributed by atoms with Gasteiger partial charge in [-0.2, -0.15) is 15.5 Å². The molecule has 0 unspecified atom stereocenters.